The largest absolute Gasteiger partial charge is 0.472 e. The number of benzene rings is 1. The van der Waals surface area contributed by atoms with Crippen LogP contribution in [0.1, 0.15) is 71.1 Å². The zero-order chi connectivity index (χ0) is 28.1. The van der Waals surface area contributed by atoms with Gasteiger partial charge in [-0.25, -0.2) is 9.48 Å². The molecule has 216 valence electrons. The third kappa shape index (κ3) is 5.39. The standard InChI is InChI=1S/C32H39N5O4/c1-32(2,3)41-31(38)37(24-8-9-24)25-13-14-35(19-25)28-12-11-27-26-10-7-21(16-22(26)20-40-30(27)34-28)23-17-33-36(18-23)29-6-4-5-15-39-29/h7,10-12,16-18,24-25,29H,4-6,8-9,13-15,19-20H2,1-3H3. The van der Waals surface area contributed by atoms with E-state index in [2.05, 4.69) is 46.5 Å². The molecule has 0 radical (unpaired) electrons. The molecule has 3 aliphatic heterocycles. The van der Waals surface area contributed by atoms with Gasteiger partial charge in [-0.3, -0.25) is 0 Å². The lowest BCUT2D eigenvalue weighted by Crippen LogP contribution is -2.46. The number of anilines is 1. The number of fused-ring (bicyclic) bond motifs is 3. The predicted octanol–water partition coefficient (Wildman–Crippen LogP) is 6.18. The van der Waals surface area contributed by atoms with Gasteiger partial charge in [0.1, 0.15) is 24.3 Å². The van der Waals surface area contributed by atoms with Crippen LogP contribution in [0.4, 0.5) is 10.6 Å². The molecule has 1 aromatic carbocycles. The van der Waals surface area contributed by atoms with Crippen molar-refractivity contribution in [2.75, 3.05) is 24.6 Å². The summed E-state index contributed by atoms with van der Waals surface area (Å²) in [5, 5.41) is 4.58. The van der Waals surface area contributed by atoms with Crippen LogP contribution in [0.25, 0.3) is 22.3 Å². The molecule has 1 aliphatic carbocycles. The van der Waals surface area contributed by atoms with Crippen LogP contribution in [-0.4, -0.2) is 63.1 Å². The van der Waals surface area contributed by atoms with Crippen LogP contribution < -0.4 is 9.64 Å². The monoisotopic (exact) mass is 557 g/mol. The summed E-state index contributed by atoms with van der Waals surface area (Å²) >= 11 is 0. The van der Waals surface area contributed by atoms with Crippen molar-refractivity contribution in [3.63, 3.8) is 0 Å². The maximum Gasteiger partial charge on any atom is 0.410 e. The second-order valence-corrected chi connectivity index (χ2v) is 12.7. The topological polar surface area (TPSA) is 82.0 Å². The van der Waals surface area contributed by atoms with Crippen LogP contribution >= 0.6 is 0 Å². The van der Waals surface area contributed by atoms with Gasteiger partial charge in [0, 0.05) is 43.1 Å². The van der Waals surface area contributed by atoms with Gasteiger partial charge in [-0.2, -0.15) is 10.1 Å². The summed E-state index contributed by atoms with van der Waals surface area (Å²) in [6.07, 6.45) is 10.2. The van der Waals surface area contributed by atoms with Gasteiger partial charge in [0.2, 0.25) is 5.88 Å². The zero-order valence-electron chi connectivity index (χ0n) is 24.2. The zero-order valence-corrected chi connectivity index (χ0v) is 24.2. The van der Waals surface area contributed by atoms with Crippen molar-refractivity contribution >= 4 is 11.9 Å². The molecule has 9 heteroatoms. The number of hydrogen-bond acceptors (Lipinski definition) is 7. The second-order valence-electron chi connectivity index (χ2n) is 12.7. The van der Waals surface area contributed by atoms with E-state index in [-0.39, 0.29) is 18.4 Å². The molecule has 2 saturated heterocycles. The average Bonchev–Trinajstić information content (AvgIpc) is 3.45. The highest BCUT2D eigenvalue weighted by atomic mass is 16.6. The smallest absolute Gasteiger partial charge is 0.410 e. The Balaban J connectivity index is 1.06. The highest BCUT2D eigenvalue weighted by Crippen LogP contribution is 2.40. The van der Waals surface area contributed by atoms with E-state index in [0.717, 1.165) is 85.4 Å². The SMILES string of the molecule is CC(C)(C)OC(=O)N(C1CC1)C1CCN(c2ccc3c(n2)OCc2cc(-c4cnn(C5CCCCO5)c4)ccc2-3)C1. The lowest BCUT2D eigenvalue weighted by molar-refractivity contribution is -0.0394. The molecular weight excluding hydrogens is 518 g/mol. The Bertz CT molecular complexity index is 1440. The Labute approximate surface area is 241 Å². The molecule has 2 unspecified atom stereocenters. The minimum Gasteiger partial charge on any atom is -0.472 e. The highest BCUT2D eigenvalue weighted by molar-refractivity contribution is 5.78. The van der Waals surface area contributed by atoms with Crippen LogP contribution in [0.5, 0.6) is 5.88 Å². The Morgan fingerprint density at radius 1 is 1.02 bits per heavy atom. The second kappa shape index (κ2) is 10.4. The van der Waals surface area contributed by atoms with E-state index in [1.54, 1.807) is 0 Å². The van der Waals surface area contributed by atoms with Crippen molar-refractivity contribution in [1.82, 2.24) is 19.7 Å². The fourth-order valence-corrected chi connectivity index (χ4v) is 6.24. The van der Waals surface area contributed by atoms with Gasteiger partial charge in [0.05, 0.1) is 12.2 Å². The molecule has 0 spiro atoms. The number of rotatable bonds is 5. The van der Waals surface area contributed by atoms with E-state index >= 15 is 0 Å². The van der Waals surface area contributed by atoms with Crippen LogP contribution in [0.15, 0.2) is 42.7 Å². The summed E-state index contributed by atoms with van der Waals surface area (Å²) < 4.78 is 19.8. The predicted molar refractivity (Wildman–Crippen MR) is 156 cm³/mol. The van der Waals surface area contributed by atoms with Gasteiger partial charge in [-0.15, -0.1) is 0 Å². The number of aromatic nitrogens is 3. The van der Waals surface area contributed by atoms with Gasteiger partial charge < -0.3 is 24.0 Å². The summed E-state index contributed by atoms with van der Waals surface area (Å²) in [5.41, 5.74) is 5.01. The number of carbonyl (C=O) groups is 1. The van der Waals surface area contributed by atoms with Gasteiger partial charge in [-0.05, 0) is 94.2 Å². The van der Waals surface area contributed by atoms with Gasteiger partial charge in [0.15, 0.2) is 0 Å². The van der Waals surface area contributed by atoms with Crippen LogP contribution in [0.3, 0.4) is 0 Å². The van der Waals surface area contributed by atoms with E-state index in [1.807, 2.05) is 36.5 Å². The summed E-state index contributed by atoms with van der Waals surface area (Å²) in [6, 6.07) is 11.1. The molecule has 0 N–H and O–H groups in total. The minimum atomic E-state index is -0.497. The fraction of sp³-hybridized carbons (Fsp3) is 0.531. The molecule has 1 saturated carbocycles. The van der Waals surface area contributed by atoms with Crippen LogP contribution in [0, 0.1) is 0 Å². The summed E-state index contributed by atoms with van der Waals surface area (Å²) in [6.45, 7) is 8.65. The third-order valence-electron chi connectivity index (χ3n) is 8.42. The Hall–Kier alpha value is -3.59. The van der Waals surface area contributed by atoms with E-state index < -0.39 is 5.60 Å². The first-order chi connectivity index (χ1) is 19.8. The van der Waals surface area contributed by atoms with Gasteiger partial charge in [-0.1, -0.05) is 12.1 Å². The Morgan fingerprint density at radius 3 is 2.66 bits per heavy atom. The van der Waals surface area contributed by atoms with E-state index in [4.69, 9.17) is 19.2 Å². The summed E-state index contributed by atoms with van der Waals surface area (Å²) in [7, 11) is 0. The van der Waals surface area contributed by atoms with E-state index in [9.17, 15) is 4.79 Å². The lowest BCUT2D eigenvalue weighted by atomic mass is 9.95. The number of pyridine rings is 1. The summed E-state index contributed by atoms with van der Waals surface area (Å²) in [4.78, 5) is 22.2. The minimum absolute atomic E-state index is 0.0329. The Morgan fingerprint density at radius 2 is 1.88 bits per heavy atom. The van der Waals surface area contributed by atoms with Crippen molar-refractivity contribution in [3.05, 3.63) is 48.3 Å². The molecule has 1 amide bonds. The first kappa shape index (κ1) is 26.3. The lowest BCUT2D eigenvalue weighted by Gasteiger charge is -2.32. The van der Waals surface area contributed by atoms with Crippen molar-refractivity contribution in [2.24, 2.45) is 0 Å². The number of ether oxygens (including phenoxy) is 3. The van der Waals surface area contributed by atoms with Crippen LogP contribution in [-0.2, 0) is 16.1 Å². The quantitative estimate of drug-likeness (QED) is 0.370. The van der Waals surface area contributed by atoms with Crippen molar-refractivity contribution in [2.45, 2.75) is 89.8 Å². The molecule has 3 aromatic rings. The molecule has 3 fully saturated rings. The number of amides is 1. The number of nitrogens with zero attached hydrogens (tertiary/aromatic N) is 5. The molecule has 5 heterocycles. The molecule has 7 rings (SSSR count). The van der Waals surface area contributed by atoms with E-state index in [0.29, 0.717) is 18.5 Å². The highest BCUT2D eigenvalue weighted by Gasteiger charge is 2.42. The van der Waals surface area contributed by atoms with E-state index in [1.165, 1.54) is 6.42 Å². The molecular formula is C32H39N5O4. The third-order valence-corrected chi connectivity index (χ3v) is 8.42. The normalized spacial score (nSPS) is 22.1. The number of hydrogen-bond donors (Lipinski definition) is 0. The van der Waals surface area contributed by atoms with Crippen molar-refractivity contribution < 1.29 is 19.0 Å². The first-order valence-corrected chi connectivity index (χ1v) is 15.0. The maximum atomic E-state index is 13.0. The van der Waals surface area contributed by atoms with Gasteiger partial charge >= 0.3 is 6.09 Å². The first-order valence-electron chi connectivity index (χ1n) is 15.0. The fourth-order valence-electron chi connectivity index (χ4n) is 6.24. The Kier molecular flexibility index (Phi) is 6.64. The van der Waals surface area contributed by atoms with Crippen molar-refractivity contribution in [3.8, 4) is 28.1 Å². The van der Waals surface area contributed by atoms with Gasteiger partial charge in [0.25, 0.3) is 0 Å². The van der Waals surface area contributed by atoms with Crippen molar-refractivity contribution in [1.29, 1.82) is 0 Å². The molecule has 2 atom stereocenters. The van der Waals surface area contributed by atoms with Crippen LogP contribution in [0.2, 0.25) is 0 Å². The maximum absolute atomic E-state index is 13.0. The average molecular weight is 558 g/mol. The molecule has 0 bridgehead atoms. The molecule has 2 aromatic heterocycles. The molecule has 9 nitrogen and oxygen atoms in total. The number of carbonyl (C=O) groups excluding carboxylic acids is 1. The summed E-state index contributed by atoms with van der Waals surface area (Å²) in [5.74, 6) is 1.56. The molecule has 41 heavy (non-hydrogen) atoms. The molecule has 4 aliphatic rings.